The third-order valence-electron chi connectivity index (χ3n) is 4.57. The number of hydrogen-bond donors (Lipinski definition) is 1. The smallest absolute Gasteiger partial charge is 0.229 e. The van der Waals surface area contributed by atoms with E-state index in [2.05, 4.69) is 10.3 Å². The summed E-state index contributed by atoms with van der Waals surface area (Å²) in [5.74, 6) is -0.436. The Labute approximate surface area is 167 Å². The molecule has 3 rings (SSSR count). The van der Waals surface area contributed by atoms with Crippen LogP contribution in [0.3, 0.4) is 0 Å². The molecule has 5 nitrogen and oxygen atoms in total. The van der Waals surface area contributed by atoms with E-state index in [1.54, 1.807) is 37.3 Å². The van der Waals surface area contributed by atoms with Crippen molar-refractivity contribution in [1.82, 2.24) is 4.98 Å². The highest BCUT2D eigenvalue weighted by molar-refractivity contribution is 6.39. The number of carbonyl (C=O) groups is 3. The van der Waals surface area contributed by atoms with E-state index in [0.29, 0.717) is 34.3 Å². The minimum absolute atomic E-state index is 0.0786. The molecule has 0 spiro atoms. The summed E-state index contributed by atoms with van der Waals surface area (Å²) < 4.78 is 0. The Balaban J connectivity index is 1.67. The van der Waals surface area contributed by atoms with E-state index in [-0.39, 0.29) is 41.3 Å². The molecule has 27 heavy (non-hydrogen) atoms. The van der Waals surface area contributed by atoms with Crippen LogP contribution in [0.15, 0.2) is 36.5 Å². The maximum atomic E-state index is 12.5. The van der Waals surface area contributed by atoms with Crippen molar-refractivity contribution in [1.29, 1.82) is 0 Å². The molecule has 1 fully saturated rings. The fourth-order valence-electron chi connectivity index (χ4n) is 3.01. The molecule has 1 N–H and O–H groups in total. The third-order valence-corrected chi connectivity index (χ3v) is 5.20. The second kappa shape index (κ2) is 8.19. The molecule has 0 saturated heterocycles. The first-order chi connectivity index (χ1) is 12.9. The summed E-state index contributed by atoms with van der Waals surface area (Å²) >= 11 is 12.2. The Hall–Kier alpha value is -2.24. The third kappa shape index (κ3) is 4.54. The summed E-state index contributed by atoms with van der Waals surface area (Å²) in [5, 5.41) is 3.33. The molecule has 1 aliphatic rings. The summed E-state index contributed by atoms with van der Waals surface area (Å²) in [6.07, 6.45) is 2.62. The van der Waals surface area contributed by atoms with E-state index in [0.717, 1.165) is 0 Å². The lowest BCUT2D eigenvalue weighted by Gasteiger charge is -2.08. The van der Waals surface area contributed by atoms with E-state index in [1.165, 1.54) is 6.20 Å². The first kappa shape index (κ1) is 19.5. The molecule has 1 aromatic heterocycles. The van der Waals surface area contributed by atoms with Gasteiger partial charge in [0.25, 0.3) is 0 Å². The number of Topliss-reactive ketones (excluding diaryl/α,β-unsaturated/α-hetero) is 2. The van der Waals surface area contributed by atoms with E-state index in [1.807, 2.05) is 0 Å². The monoisotopic (exact) mass is 404 g/mol. The molecular formula is C20H18Cl2N2O3. The molecule has 1 saturated carbocycles. The highest BCUT2D eigenvalue weighted by atomic mass is 35.5. The standard InChI is InChI=1S/C20H18Cl2N2O3/c1-2-16(25)12-10-13(12)20(27)24-18-9-11(6-7-23-18)8-17(26)19-14(21)4-3-5-15(19)22/h3-7,9,12-13H,2,8,10H2,1H3,(H,23,24,27)/t12-,13-/m0/s1. The van der Waals surface area contributed by atoms with Gasteiger partial charge in [-0.15, -0.1) is 0 Å². The summed E-state index contributed by atoms with van der Waals surface area (Å²) in [6, 6.07) is 8.24. The van der Waals surface area contributed by atoms with Crippen molar-refractivity contribution in [2.24, 2.45) is 11.8 Å². The number of anilines is 1. The molecule has 140 valence electrons. The van der Waals surface area contributed by atoms with Crippen LogP contribution in [0.5, 0.6) is 0 Å². The van der Waals surface area contributed by atoms with E-state index in [4.69, 9.17) is 23.2 Å². The van der Waals surface area contributed by atoms with Gasteiger partial charge in [-0.1, -0.05) is 36.2 Å². The highest BCUT2D eigenvalue weighted by Gasteiger charge is 2.46. The second-order valence-corrected chi connectivity index (χ2v) is 7.32. The van der Waals surface area contributed by atoms with Crippen LogP contribution in [0.4, 0.5) is 5.82 Å². The van der Waals surface area contributed by atoms with Gasteiger partial charge in [0.15, 0.2) is 5.78 Å². The molecule has 1 amide bonds. The number of rotatable bonds is 7. The highest BCUT2D eigenvalue weighted by Crippen LogP contribution is 2.40. The second-order valence-electron chi connectivity index (χ2n) is 6.50. The summed E-state index contributed by atoms with van der Waals surface area (Å²) in [5.41, 5.74) is 0.959. The normalized spacial score (nSPS) is 18.0. The fourth-order valence-corrected chi connectivity index (χ4v) is 3.62. The molecule has 0 unspecified atom stereocenters. The Bertz CT molecular complexity index is 894. The Morgan fingerprint density at radius 2 is 1.85 bits per heavy atom. The molecular weight excluding hydrogens is 387 g/mol. The molecule has 1 aromatic carbocycles. The van der Waals surface area contributed by atoms with Crippen LogP contribution in [0.1, 0.15) is 35.7 Å². The van der Waals surface area contributed by atoms with E-state index >= 15 is 0 Å². The lowest BCUT2D eigenvalue weighted by molar-refractivity contribution is -0.123. The van der Waals surface area contributed by atoms with Gasteiger partial charge in [-0.3, -0.25) is 14.4 Å². The summed E-state index contributed by atoms with van der Waals surface area (Å²) in [7, 11) is 0. The SMILES string of the molecule is CCC(=O)[C@H]1C[C@@H]1C(=O)Nc1cc(CC(=O)c2c(Cl)cccc2Cl)ccn1. The van der Waals surface area contributed by atoms with E-state index in [9.17, 15) is 14.4 Å². The van der Waals surface area contributed by atoms with Crippen LogP contribution in [0.25, 0.3) is 0 Å². The number of carbonyl (C=O) groups excluding carboxylic acids is 3. The average Bonchev–Trinajstić information content (AvgIpc) is 3.42. The predicted molar refractivity (Wildman–Crippen MR) is 104 cm³/mol. The van der Waals surface area contributed by atoms with Crippen LogP contribution >= 0.6 is 23.2 Å². The molecule has 1 aliphatic carbocycles. The molecule has 2 atom stereocenters. The number of hydrogen-bond acceptors (Lipinski definition) is 4. The van der Waals surface area contributed by atoms with Gasteiger partial charge >= 0.3 is 0 Å². The van der Waals surface area contributed by atoms with Crippen molar-refractivity contribution in [2.45, 2.75) is 26.2 Å². The van der Waals surface area contributed by atoms with Crippen molar-refractivity contribution < 1.29 is 14.4 Å². The number of amides is 1. The Morgan fingerprint density at radius 1 is 1.15 bits per heavy atom. The maximum absolute atomic E-state index is 12.5. The largest absolute Gasteiger partial charge is 0.310 e. The van der Waals surface area contributed by atoms with Crippen molar-refractivity contribution in [2.75, 3.05) is 5.32 Å². The van der Waals surface area contributed by atoms with Crippen molar-refractivity contribution in [3.05, 3.63) is 57.7 Å². The Kier molecular flexibility index (Phi) is 5.92. The average molecular weight is 405 g/mol. The van der Waals surface area contributed by atoms with Crippen molar-refractivity contribution in [3.63, 3.8) is 0 Å². The lowest BCUT2D eigenvalue weighted by Crippen LogP contribution is -2.17. The number of ketones is 2. The van der Waals surface area contributed by atoms with Crippen molar-refractivity contribution >= 4 is 46.5 Å². The quantitative estimate of drug-likeness (QED) is 0.695. The van der Waals surface area contributed by atoms with Crippen molar-refractivity contribution in [3.8, 4) is 0 Å². The number of halogens is 2. The topological polar surface area (TPSA) is 76.1 Å². The van der Waals surface area contributed by atoms with Gasteiger partial charge in [-0.25, -0.2) is 4.98 Å². The molecule has 0 radical (unpaired) electrons. The lowest BCUT2D eigenvalue weighted by atomic mass is 10.0. The van der Waals surface area contributed by atoms with Gasteiger partial charge in [0.05, 0.1) is 15.6 Å². The zero-order valence-electron chi connectivity index (χ0n) is 14.7. The van der Waals surface area contributed by atoms with Crippen LogP contribution in [-0.4, -0.2) is 22.5 Å². The van der Waals surface area contributed by atoms with Gasteiger partial charge in [-0.05, 0) is 36.2 Å². The number of aromatic nitrogens is 1. The van der Waals surface area contributed by atoms with Crippen LogP contribution < -0.4 is 5.32 Å². The number of nitrogens with zero attached hydrogens (tertiary/aromatic N) is 1. The summed E-state index contributed by atoms with van der Waals surface area (Å²) in [4.78, 5) is 40.6. The minimum Gasteiger partial charge on any atom is -0.310 e. The van der Waals surface area contributed by atoms with E-state index < -0.39 is 0 Å². The number of pyridine rings is 1. The first-order valence-corrected chi connectivity index (χ1v) is 9.42. The molecule has 0 aliphatic heterocycles. The molecule has 7 heteroatoms. The Morgan fingerprint density at radius 3 is 2.52 bits per heavy atom. The van der Waals surface area contributed by atoms with Gasteiger partial charge in [-0.2, -0.15) is 0 Å². The fraction of sp³-hybridized carbons (Fsp3) is 0.300. The van der Waals surface area contributed by atoms with Crippen LogP contribution in [-0.2, 0) is 16.0 Å². The predicted octanol–water partition coefficient (Wildman–Crippen LogP) is 4.37. The zero-order valence-corrected chi connectivity index (χ0v) is 16.2. The molecule has 2 aromatic rings. The zero-order chi connectivity index (χ0) is 19.6. The number of nitrogens with one attached hydrogen (secondary N) is 1. The van der Waals surface area contributed by atoms with Crippen LogP contribution in [0.2, 0.25) is 10.0 Å². The molecule has 1 heterocycles. The molecule has 0 bridgehead atoms. The maximum Gasteiger partial charge on any atom is 0.229 e. The van der Waals surface area contributed by atoms with Gasteiger partial charge < -0.3 is 5.32 Å². The first-order valence-electron chi connectivity index (χ1n) is 8.66. The van der Waals surface area contributed by atoms with Gasteiger partial charge in [0.2, 0.25) is 5.91 Å². The summed E-state index contributed by atoms with van der Waals surface area (Å²) in [6.45, 7) is 1.79. The van der Waals surface area contributed by atoms with Gasteiger partial charge in [0, 0.05) is 30.9 Å². The number of benzene rings is 1. The minimum atomic E-state index is -0.286. The van der Waals surface area contributed by atoms with Crippen LogP contribution in [0, 0.1) is 11.8 Å². The van der Waals surface area contributed by atoms with Gasteiger partial charge in [0.1, 0.15) is 11.6 Å².